The summed E-state index contributed by atoms with van der Waals surface area (Å²) in [6.45, 7) is 1.66. The van der Waals surface area contributed by atoms with Gasteiger partial charge in [-0.25, -0.2) is 0 Å². The number of likely N-dealkylation sites (tertiary alicyclic amines) is 1. The van der Waals surface area contributed by atoms with Crippen molar-refractivity contribution in [3.8, 4) is 11.5 Å². The van der Waals surface area contributed by atoms with Gasteiger partial charge in [-0.3, -0.25) is 14.5 Å². The average Bonchev–Trinajstić information content (AvgIpc) is 3.37. The largest absolute Gasteiger partial charge is 0.497 e. The summed E-state index contributed by atoms with van der Waals surface area (Å²) in [7, 11) is 3.24. The molecule has 4 rings (SSSR count). The number of hydrogen-bond donors (Lipinski definition) is 2. The molecule has 35 heavy (non-hydrogen) atoms. The number of amides is 2. The minimum atomic E-state index is -0.245. The monoisotopic (exact) mass is 473 g/mol. The summed E-state index contributed by atoms with van der Waals surface area (Å²) in [6.07, 6.45) is 2.59. The van der Waals surface area contributed by atoms with Crippen LogP contribution in [0.1, 0.15) is 41.2 Å². The number of anilines is 2. The van der Waals surface area contributed by atoms with Crippen LogP contribution >= 0.6 is 0 Å². The average molecular weight is 474 g/mol. The minimum Gasteiger partial charge on any atom is -0.497 e. The summed E-state index contributed by atoms with van der Waals surface area (Å²) in [6, 6.07) is 22.6. The molecule has 7 nitrogen and oxygen atoms in total. The van der Waals surface area contributed by atoms with Crippen LogP contribution in [-0.2, 0) is 4.79 Å². The molecule has 0 spiro atoms. The summed E-state index contributed by atoms with van der Waals surface area (Å²) >= 11 is 0. The van der Waals surface area contributed by atoms with Gasteiger partial charge in [-0.05, 0) is 73.5 Å². The van der Waals surface area contributed by atoms with Crippen LogP contribution in [-0.4, -0.2) is 44.0 Å². The van der Waals surface area contributed by atoms with Gasteiger partial charge in [0.2, 0.25) is 5.91 Å². The molecule has 1 atom stereocenters. The molecule has 1 heterocycles. The van der Waals surface area contributed by atoms with E-state index in [1.807, 2.05) is 24.3 Å². The molecule has 3 aromatic rings. The molecule has 2 N–H and O–H groups in total. The van der Waals surface area contributed by atoms with Crippen molar-refractivity contribution >= 4 is 23.2 Å². The van der Waals surface area contributed by atoms with E-state index in [1.165, 1.54) is 5.56 Å². The van der Waals surface area contributed by atoms with Crippen LogP contribution in [0.5, 0.6) is 11.5 Å². The Morgan fingerprint density at radius 3 is 2.51 bits per heavy atom. The number of hydrogen-bond acceptors (Lipinski definition) is 5. The van der Waals surface area contributed by atoms with Crippen LogP contribution in [0.15, 0.2) is 72.8 Å². The van der Waals surface area contributed by atoms with Gasteiger partial charge in [0.25, 0.3) is 5.91 Å². The Morgan fingerprint density at radius 1 is 0.943 bits per heavy atom. The van der Waals surface area contributed by atoms with E-state index < -0.39 is 0 Å². The van der Waals surface area contributed by atoms with Crippen molar-refractivity contribution < 1.29 is 19.1 Å². The van der Waals surface area contributed by atoms with Gasteiger partial charge in [0.05, 0.1) is 19.9 Å². The Labute approximate surface area is 206 Å². The normalized spacial score (nSPS) is 15.4. The highest BCUT2D eigenvalue weighted by Gasteiger charge is 2.26. The lowest BCUT2D eigenvalue weighted by molar-refractivity contribution is -0.116. The number of carbonyl (C=O) groups excluding carboxylic acids is 2. The predicted octanol–water partition coefficient (Wildman–Crippen LogP) is 5.12. The standard InChI is InChI=1S/C28H31N3O4/c1-34-23-8-5-7-21(19-23)25-10-6-17-31(25)18-16-27(32)29-22-14-12-20(13-15-22)28(33)30-24-9-3-4-11-26(24)35-2/h3-5,7-9,11-15,19,25H,6,10,16-18H2,1-2H3,(H,29,32)(H,30,33). The van der Waals surface area contributed by atoms with Crippen LogP contribution in [0.25, 0.3) is 0 Å². The third-order valence-corrected chi connectivity index (χ3v) is 6.25. The van der Waals surface area contributed by atoms with Crippen molar-refractivity contribution in [3.63, 3.8) is 0 Å². The second-order valence-corrected chi connectivity index (χ2v) is 8.50. The molecule has 0 aliphatic carbocycles. The first-order valence-corrected chi connectivity index (χ1v) is 11.8. The van der Waals surface area contributed by atoms with Crippen molar-refractivity contribution in [2.45, 2.75) is 25.3 Å². The summed E-state index contributed by atoms with van der Waals surface area (Å²) in [5.41, 5.74) is 2.98. The maximum Gasteiger partial charge on any atom is 0.255 e. The first kappa shape index (κ1) is 24.3. The molecule has 0 saturated carbocycles. The van der Waals surface area contributed by atoms with E-state index in [0.29, 0.717) is 41.7 Å². The Kier molecular flexibility index (Phi) is 8.00. The number of nitrogens with one attached hydrogen (secondary N) is 2. The van der Waals surface area contributed by atoms with E-state index in [2.05, 4.69) is 27.7 Å². The highest BCUT2D eigenvalue weighted by Crippen LogP contribution is 2.33. The molecule has 2 amide bonds. The van der Waals surface area contributed by atoms with Gasteiger partial charge in [-0.2, -0.15) is 0 Å². The SMILES string of the molecule is COc1cccc(C2CCCN2CCC(=O)Nc2ccc(C(=O)Nc3ccccc3OC)cc2)c1. The number of methoxy groups -OCH3 is 2. The van der Waals surface area contributed by atoms with E-state index in [0.717, 1.165) is 25.1 Å². The molecule has 0 bridgehead atoms. The van der Waals surface area contributed by atoms with Gasteiger partial charge in [-0.1, -0.05) is 24.3 Å². The Balaban J connectivity index is 1.29. The topological polar surface area (TPSA) is 79.9 Å². The maximum absolute atomic E-state index is 12.6. The second-order valence-electron chi connectivity index (χ2n) is 8.50. The number of rotatable bonds is 9. The van der Waals surface area contributed by atoms with E-state index in [-0.39, 0.29) is 11.8 Å². The molecule has 1 aliphatic heterocycles. The molecule has 7 heteroatoms. The number of carbonyl (C=O) groups is 2. The summed E-state index contributed by atoms with van der Waals surface area (Å²) in [4.78, 5) is 27.5. The molecular weight excluding hydrogens is 442 g/mol. The fourth-order valence-electron chi connectivity index (χ4n) is 4.44. The summed E-state index contributed by atoms with van der Waals surface area (Å²) < 4.78 is 10.6. The quantitative estimate of drug-likeness (QED) is 0.451. The van der Waals surface area contributed by atoms with Gasteiger partial charge in [0.15, 0.2) is 0 Å². The highest BCUT2D eigenvalue weighted by atomic mass is 16.5. The Bertz CT molecular complexity index is 1160. The van der Waals surface area contributed by atoms with E-state index in [1.54, 1.807) is 50.6 Å². The fraction of sp³-hybridized carbons (Fsp3) is 0.286. The van der Waals surface area contributed by atoms with Gasteiger partial charge in [-0.15, -0.1) is 0 Å². The van der Waals surface area contributed by atoms with Crippen LogP contribution in [0.2, 0.25) is 0 Å². The first-order valence-electron chi connectivity index (χ1n) is 11.8. The lowest BCUT2D eigenvalue weighted by atomic mass is 10.0. The van der Waals surface area contributed by atoms with E-state index in [9.17, 15) is 9.59 Å². The zero-order valence-corrected chi connectivity index (χ0v) is 20.1. The van der Waals surface area contributed by atoms with Crippen molar-refractivity contribution in [2.75, 3.05) is 37.9 Å². The van der Waals surface area contributed by atoms with Crippen molar-refractivity contribution in [2.24, 2.45) is 0 Å². The molecule has 1 fully saturated rings. The van der Waals surface area contributed by atoms with Gasteiger partial charge >= 0.3 is 0 Å². The molecule has 0 aromatic heterocycles. The third-order valence-electron chi connectivity index (χ3n) is 6.25. The highest BCUT2D eigenvalue weighted by molar-refractivity contribution is 6.05. The zero-order valence-electron chi connectivity index (χ0n) is 20.1. The van der Waals surface area contributed by atoms with Crippen LogP contribution in [0.4, 0.5) is 11.4 Å². The smallest absolute Gasteiger partial charge is 0.255 e. The van der Waals surface area contributed by atoms with E-state index in [4.69, 9.17) is 9.47 Å². The second kappa shape index (κ2) is 11.5. The lowest BCUT2D eigenvalue weighted by Crippen LogP contribution is -2.27. The summed E-state index contributed by atoms with van der Waals surface area (Å²) in [5, 5.41) is 5.79. The maximum atomic E-state index is 12.6. The molecule has 182 valence electrons. The van der Waals surface area contributed by atoms with Gasteiger partial charge in [0, 0.05) is 30.3 Å². The molecule has 3 aromatic carbocycles. The van der Waals surface area contributed by atoms with Crippen molar-refractivity contribution in [1.29, 1.82) is 0 Å². The number of benzene rings is 3. The molecule has 0 radical (unpaired) electrons. The Morgan fingerprint density at radius 2 is 1.74 bits per heavy atom. The third kappa shape index (κ3) is 6.19. The van der Waals surface area contributed by atoms with Crippen LogP contribution in [0, 0.1) is 0 Å². The lowest BCUT2D eigenvalue weighted by Gasteiger charge is -2.25. The van der Waals surface area contributed by atoms with Gasteiger partial charge < -0.3 is 20.1 Å². The first-order chi connectivity index (χ1) is 17.1. The fourth-order valence-corrected chi connectivity index (χ4v) is 4.44. The number of nitrogens with zero attached hydrogens (tertiary/aromatic N) is 1. The van der Waals surface area contributed by atoms with E-state index >= 15 is 0 Å². The van der Waals surface area contributed by atoms with Crippen molar-refractivity contribution in [3.05, 3.63) is 83.9 Å². The molecule has 1 saturated heterocycles. The van der Waals surface area contributed by atoms with Crippen molar-refractivity contribution in [1.82, 2.24) is 4.90 Å². The molecule has 1 unspecified atom stereocenters. The minimum absolute atomic E-state index is 0.0486. The van der Waals surface area contributed by atoms with Gasteiger partial charge in [0.1, 0.15) is 11.5 Å². The number of ether oxygens (including phenoxy) is 2. The number of para-hydroxylation sites is 2. The Hall–Kier alpha value is -3.84. The zero-order chi connectivity index (χ0) is 24.6. The van der Waals surface area contributed by atoms with Crippen LogP contribution < -0.4 is 20.1 Å². The van der Waals surface area contributed by atoms with Crippen LogP contribution in [0.3, 0.4) is 0 Å². The molecule has 1 aliphatic rings. The molecular formula is C28H31N3O4. The summed E-state index contributed by atoms with van der Waals surface area (Å²) in [5.74, 6) is 1.15. The predicted molar refractivity (Wildman–Crippen MR) is 137 cm³/mol.